The van der Waals surface area contributed by atoms with Gasteiger partial charge in [0.05, 0.1) is 13.2 Å². The molecule has 1 aromatic rings. The Kier molecular flexibility index (Phi) is 7.99. The quantitative estimate of drug-likeness (QED) is 0.621. The average Bonchev–Trinajstić information content (AvgIpc) is 2.44. The molecular formula is C17H27BrN2O4. The van der Waals surface area contributed by atoms with Crippen molar-refractivity contribution in [2.75, 3.05) is 20.3 Å². The fourth-order valence-electron chi connectivity index (χ4n) is 2.00. The fourth-order valence-corrected chi connectivity index (χ4v) is 2.46. The van der Waals surface area contributed by atoms with E-state index in [1.807, 2.05) is 26.8 Å². The number of ether oxygens (including phenoxy) is 2. The number of halogens is 1. The molecule has 0 aliphatic carbocycles. The van der Waals surface area contributed by atoms with Crippen LogP contribution in [0, 0.1) is 0 Å². The van der Waals surface area contributed by atoms with Gasteiger partial charge in [-0.15, -0.1) is 0 Å². The maximum Gasteiger partial charge on any atom is 0.258 e. The van der Waals surface area contributed by atoms with E-state index in [0.717, 1.165) is 10.0 Å². The number of rotatable bonds is 8. The maximum atomic E-state index is 11.9. The molecule has 6 nitrogen and oxygen atoms in total. The van der Waals surface area contributed by atoms with Crippen LogP contribution in [0.5, 0.6) is 11.5 Å². The smallest absolute Gasteiger partial charge is 0.258 e. The van der Waals surface area contributed by atoms with Crippen LogP contribution in [-0.2, 0) is 11.3 Å². The summed E-state index contributed by atoms with van der Waals surface area (Å²) in [7, 11) is 1.55. The number of hydrogen-bond acceptors (Lipinski definition) is 5. The summed E-state index contributed by atoms with van der Waals surface area (Å²) in [6, 6.07) is 3.62. The molecule has 3 N–H and O–H groups in total. The number of amides is 1. The molecule has 136 valence electrons. The summed E-state index contributed by atoms with van der Waals surface area (Å²) in [5.41, 5.74) is 0.670. The van der Waals surface area contributed by atoms with Crippen LogP contribution in [0.15, 0.2) is 16.6 Å². The second-order valence-electron chi connectivity index (χ2n) is 6.66. The van der Waals surface area contributed by atoms with Gasteiger partial charge in [-0.25, -0.2) is 0 Å². The summed E-state index contributed by atoms with van der Waals surface area (Å²) in [5, 5.41) is 15.3. The molecule has 24 heavy (non-hydrogen) atoms. The Morgan fingerprint density at radius 3 is 2.54 bits per heavy atom. The number of aliphatic hydroxyl groups excluding tert-OH is 1. The predicted molar refractivity (Wildman–Crippen MR) is 97.5 cm³/mol. The Morgan fingerprint density at radius 2 is 2.00 bits per heavy atom. The number of aliphatic hydroxyl groups is 1. The van der Waals surface area contributed by atoms with E-state index in [1.165, 1.54) is 0 Å². The molecule has 0 radical (unpaired) electrons. The van der Waals surface area contributed by atoms with Gasteiger partial charge >= 0.3 is 0 Å². The summed E-state index contributed by atoms with van der Waals surface area (Å²) in [6.07, 6.45) is -0.408. The first kappa shape index (κ1) is 20.7. The molecular weight excluding hydrogens is 376 g/mol. The molecule has 1 atom stereocenters. The van der Waals surface area contributed by atoms with E-state index in [4.69, 9.17) is 9.47 Å². The molecule has 0 aliphatic heterocycles. The normalized spacial score (nSPS) is 12.6. The third kappa shape index (κ3) is 7.51. The first-order chi connectivity index (χ1) is 11.1. The van der Waals surface area contributed by atoms with Crippen molar-refractivity contribution < 1.29 is 19.4 Å². The molecule has 7 heteroatoms. The summed E-state index contributed by atoms with van der Waals surface area (Å²) in [6.45, 7) is 8.46. The van der Waals surface area contributed by atoms with Crippen LogP contribution >= 0.6 is 15.9 Å². The predicted octanol–water partition coefficient (Wildman–Crippen LogP) is 2.22. The molecule has 0 saturated carbocycles. The number of carbonyl (C=O) groups is 1. The SMILES string of the molecule is COc1cc(CNCC(C)O)c(Br)cc1OCC(=O)NC(C)(C)C. The van der Waals surface area contributed by atoms with Gasteiger partial charge in [-0.2, -0.15) is 0 Å². The molecule has 0 aliphatic rings. The summed E-state index contributed by atoms with van der Waals surface area (Å²) >= 11 is 3.49. The highest BCUT2D eigenvalue weighted by molar-refractivity contribution is 9.10. The zero-order valence-corrected chi connectivity index (χ0v) is 16.5. The lowest BCUT2D eigenvalue weighted by Crippen LogP contribution is -2.43. The van der Waals surface area contributed by atoms with Crippen molar-refractivity contribution in [3.05, 3.63) is 22.2 Å². The molecule has 0 aromatic heterocycles. The molecule has 1 unspecified atom stereocenters. The van der Waals surface area contributed by atoms with E-state index in [-0.39, 0.29) is 18.1 Å². The van der Waals surface area contributed by atoms with Crippen LogP contribution in [0.3, 0.4) is 0 Å². The minimum absolute atomic E-state index is 0.0836. The van der Waals surface area contributed by atoms with Crippen molar-refractivity contribution in [1.29, 1.82) is 0 Å². The van der Waals surface area contributed by atoms with E-state index in [2.05, 4.69) is 26.6 Å². The van der Waals surface area contributed by atoms with Crippen LogP contribution < -0.4 is 20.1 Å². The average molecular weight is 403 g/mol. The van der Waals surface area contributed by atoms with E-state index in [9.17, 15) is 9.90 Å². The standard InChI is InChI=1S/C17H27BrN2O4/c1-11(21)8-19-9-12-6-14(23-5)15(7-13(12)18)24-10-16(22)20-17(2,3)4/h6-7,11,19,21H,8-10H2,1-5H3,(H,20,22). The van der Waals surface area contributed by atoms with Gasteiger partial charge in [0.2, 0.25) is 0 Å². The maximum absolute atomic E-state index is 11.9. The Labute approximate surface area is 152 Å². The van der Waals surface area contributed by atoms with E-state index >= 15 is 0 Å². The number of hydrogen-bond donors (Lipinski definition) is 3. The molecule has 0 fully saturated rings. The molecule has 1 aromatic carbocycles. The van der Waals surface area contributed by atoms with Gasteiger partial charge < -0.3 is 25.2 Å². The summed E-state index contributed by atoms with van der Waals surface area (Å²) in [4.78, 5) is 11.9. The molecule has 1 rings (SSSR count). The van der Waals surface area contributed by atoms with Crippen molar-refractivity contribution in [2.45, 2.75) is 45.9 Å². The third-order valence-electron chi connectivity index (χ3n) is 2.96. The van der Waals surface area contributed by atoms with E-state index in [1.54, 1.807) is 20.1 Å². The highest BCUT2D eigenvalue weighted by atomic mass is 79.9. The van der Waals surface area contributed by atoms with Gasteiger partial charge in [0.1, 0.15) is 0 Å². The van der Waals surface area contributed by atoms with Crippen LogP contribution in [0.25, 0.3) is 0 Å². The second-order valence-corrected chi connectivity index (χ2v) is 7.52. The molecule has 0 saturated heterocycles. The number of methoxy groups -OCH3 is 1. The van der Waals surface area contributed by atoms with Crippen molar-refractivity contribution >= 4 is 21.8 Å². The van der Waals surface area contributed by atoms with Gasteiger partial charge in [0.25, 0.3) is 5.91 Å². The highest BCUT2D eigenvalue weighted by Crippen LogP contribution is 2.33. The lowest BCUT2D eigenvalue weighted by Gasteiger charge is -2.21. The van der Waals surface area contributed by atoms with Crippen LogP contribution in [0.4, 0.5) is 0 Å². The Balaban J connectivity index is 2.74. The van der Waals surface area contributed by atoms with Crippen molar-refractivity contribution in [3.8, 4) is 11.5 Å². The molecule has 1 amide bonds. The van der Waals surface area contributed by atoms with Crippen LogP contribution in [0.1, 0.15) is 33.3 Å². The van der Waals surface area contributed by atoms with Crippen molar-refractivity contribution in [2.24, 2.45) is 0 Å². The van der Waals surface area contributed by atoms with Gasteiger partial charge in [0, 0.05) is 23.1 Å². The van der Waals surface area contributed by atoms with Gasteiger partial charge in [-0.3, -0.25) is 4.79 Å². The highest BCUT2D eigenvalue weighted by Gasteiger charge is 2.16. The van der Waals surface area contributed by atoms with Crippen molar-refractivity contribution in [1.82, 2.24) is 10.6 Å². The van der Waals surface area contributed by atoms with Gasteiger partial charge in [0.15, 0.2) is 18.1 Å². The number of benzene rings is 1. The van der Waals surface area contributed by atoms with E-state index in [0.29, 0.717) is 24.6 Å². The summed E-state index contributed by atoms with van der Waals surface area (Å²) < 4.78 is 11.8. The lowest BCUT2D eigenvalue weighted by molar-refractivity contribution is -0.124. The molecule has 0 bridgehead atoms. The van der Waals surface area contributed by atoms with Crippen LogP contribution in [0.2, 0.25) is 0 Å². The molecule has 0 spiro atoms. The second kappa shape index (κ2) is 9.25. The van der Waals surface area contributed by atoms with Gasteiger partial charge in [-0.05, 0) is 45.4 Å². The third-order valence-corrected chi connectivity index (χ3v) is 3.70. The lowest BCUT2D eigenvalue weighted by atomic mass is 10.1. The number of carbonyl (C=O) groups excluding carboxylic acids is 1. The zero-order chi connectivity index (χ0) is 18.3. The largest absolute Gasteiger partial charge is 0.493 e. The first-order valence-electron chi connectivity index (χ1n) is 7.81. The Hall–Kier alpha value is -1.31. The zero-order valence-electron chi connectivity index (χ0n) is 14.9. The van der Waals surface area contributed by atoms with E-state index < -0.39 is 6.10 Å². The minimum atomic E-state index is -0.408. The van der Waals surface area contributed by atoms with Gasteiger partial charge in [-0.1, -0.05) is 15.9 Å². The fraction of sp³-hybridized carbons (Fsp3) is 0.588. The Morgan fingerprint density at radius 1 is 1.33 bits per heavy atom. The minimum Gasteiger partial charge on any atom is -0.493 e. The number of nitrogens with one attached hydrogen (secondary N) is 2. The Bertz CT molecular complexity index is 556. The first-order valence-corrected chi connectivity index (χ1v) is 8.60. The topological polar surface area (TPSA) is 79.8 Å². The molecule has 0 heterocycles. The van der Waals surface area contributed by atoms with Crippen molar-refractivity contribution in [3.63, 3.8) is 0 Å². The monoisotopic (exact) mass is 402 g/mol. The van der Waals surface area contributed by atoms with Crippen LogP contribution in [-0.4, -0.2) is 42.9 Å². The summed E-state index contributed by atoms with van der Waals surface area (Å²) in [5.74, 6) is 0.853.